The number of benzene rings is 1. The van der Waals surface area contributed by atoms with E-state index in [1.807, 2.05) is 24.3 Å². The molecule has 6 nitrogen and oxygen atoms in total. The lowest BCUT2D eigenvalue weighted by atomic mass is 10.1. The maximum Gasteiger partial charge on any atom is 0.272 e. The van der Waals surface area contributed by atoms with Crippen molar-refractivity contribution in [2.75, 3.05) is 16.6 Å². The van der Waals surface area contributed by atoms with Crippen molar-refractivity contribution in [2.45, 2.75) is 10.6 Å². The normalized spacial score (nSPS) is 11.2. The topological polar surface area (TPSA) is 84.0 Å². The Labute approximate surface area is 154 Å². The summed E-state index contributed by atoms with van der Waals surface area (Å²) in [5, 5.41) is 13.4. The van der Waals surface area contributed by atoms with Gasteiger partial charge in [-0.1, -0.05) is 29.8 Å². The molecule has 0 atom stereocenters. The Morgan fingerprint density at radius 3 is 2.52 bits per heavy atom. The van der Waals surface area contributed by atoms with Crippen LogP contribution in [0.3, 0.4) is 0 Å². The number of halogens is 1. The second-order valence-electron chi connectivity index (χ2n) is 5.15. The SMILES string of the molecule is O=S(=O)(Nc1ccc(NCCc2cccc(Cl)c2)nn1)c1cccs1. The van der Waals surface area contributed by atoms with Gasteiger partial charge >= 0.3 is 0 Å². The summed E-state index contributed by atoms with van der Waals surface area (Å²) in [6, 6.07) is 14.1. The third-order valence-corrected chi connectivity index (χ3v) is 6.26. The van der Waals surface area contributed by atoms with Gasteiger partial charge in [-0.25, -0.2) is 8.42 Å². The van der Waals surface area contributed by atoms with Crippen molar-refractivity contribution in [3.05, 3.63) is 64.5 Å². The molecule has 0 unspecified atom stereocenters. The number of aromatic nitrogens is 2. The van der Waals surface area contributed by atoms with Gasteiger partial charge in [0.25, 0.3) is 10.0 Å². The van der Waals surface area contributed by atoms with Gasteiger partial charge in [0, 0.05) is 11.6 Å². The summed E-state index contributed by atoms with van der Waals surface area (Å²) in [6.45, 7) is 0.662. The van der Waals surface area contributed by atoms with E-state index in [0.717, 1.165) is 23.3 Å². The molecule has 9 heteroatoms. The first-order valence-electron chi connectivity index (χ1n) is 7.41. The number of thiophene rings is 1. The number of hydrogen-bond donors (Lipinski definition) is 2. The number of rotatable bonds is 7. The summed E-state index contributed by atoms with van der Waals surface area (Å²) < 4.78 is 26.9. The van der Waals surface area contributed by atoms with Crippen molar-refractivity contribution in [1.29, 1.82) is 0 Å². The fourth-order valence-electron chi connectivity index (χ4n) is 2.11. The largest absolute Gasteiger partial charge is 0.368 e. The fraction of sp³-hybridized carbons (Fsp3) is 0.125. The second kappa shape index (κ2) is 7.81. The predicted molar refractivity (Wildman–Crippen MR) is 101 cm³/mol. The van der Waals surface area contributed by atoms with E-state index in [4.69, 9.17) is 11.6 Å². The van der Waals surface area contributed by atoms with Gasteiger partial charge < -0.3 is 5.32 Å². The van der Waals surface area contributed by atoms with Crippen LogP contribution in [0.2, 0.25) is 5.02 Å². The Bertz CT molecular complexity index is 929. The number of nitrogens with one attached hydrogen (secondary N) is 2. The molecule has 2 heterocycles. The molecule has 3 rings (SSSR count). The highest BCUT2D eigenvalue weighted by Gasteiger charge is 2.15. The minimum Gasteiger partial charge on any atom is -0.368 e. The van der Waals surface area contributed by atoms with Gasteiger partial charge in [-0.3, -0.25) is 4.72 Å². The fourth-order valence-corrected chi connectivity index (χ4v) is 4.31. The van der Waals surface area contributed by atoms with Crippen LogP contribution in [0.25, 0.3) is 0 Å². The van der Waals surface area contributed by atoms with Crippen LogP contribution < -0.4 is 10.0 Å². The van der Waals surface area contributed by atoms with Crippen molar-refractivity contribution in [3.63, 3.8) is 0 Å². The molecule has 130 valence electrons. The first kappa shape index (κ1) is 17.7. The van der Waals surface area contributed by atoms with Crippen molar-refractivity contribution in [3.8, 4) is 0 Å². The van der Waals surface area contributed by atoms with Crippen LogP contribution in [0.5, 0.6) is 0 Å². The van der Waals surface area contributed by atoms with E-state index in [0.29, 0.717) is 17.4 Å². The van der Waals surface area contributed by atoms with Crippen molar-refractivity contribution in [2.24, 2.45) is 0 Å². The van der Waals surface area contributed by atoms with Gasteiger partial charge in [0.05, 0.1) is 0 Å². The highest BCUT2D eigenvalue weighted by atomic mass is 35.5. The lowest BCUT2D eigenvalue weighted by Crippen LogP contribution is -2.13. The predicted octanol–water partition coefficient (Wildman–Crippen LogP) is 3.65. The van der Waals surface area contributed by atoms with Crippen molar-refractivity contribution in [1.82, 2.24) is 10.2 Å². The Balaban J connectivity index is 1.55. The molecular weight excluding hydrogens is 380 g/mol. The highest BCUT2D eigenvalue weighted by molar-refractivity contribution is 7.94. The maximum absolute atomic E-state index is 12.1. The number of anilines is 2. The van der Waals surface area contributed by atoms with Crippen LogP contribution >= 0.6 is 22.9 Å². The lowest BCUT2D eigenvalue weighted by Gasteiger charge is -2.07. The first-order valence-corrected chi connectivity index (χ1v) is 10.2. The van der Waals surface area contributed by atoms with Crippen LogP contribution in [-0.4, -0.2) is 25.2 Å². The smallest absolute Gasteiger partial charge is 0.272 e. The Hall–Kier alpha value is -2.16. The van der Waals surface area contributed by atoms with Crippen LogP contribution in [-0.2, 0) is 16.4 Å². The molecule has 2 N–H and O–H groups in total. The quantitative estimate of drug-likeness (QED) is 0.639. The molecule has 1 aromatic carbocycles. The van der Waals surface area contributed by atoms with Crippen LogP contribution in [0, 0.1) is 0 Å². The van der Waals surface area contributed by atoms with Gasteiger partial charge in [0.2, 0.25) is 0 Å². The second-order valence-corrected chi connectivity index (χ2v) is 8.44. The van der Waals surface area contributed by atoms with E-state index < -0.39 is 10.0 Å². The first-order chi connectivity index (χ1) is 12.0. The van der Waals surface area contributed by atoms with E-state index in [1.54, 1.807) is 23.6 Å². The minimum absolute atomic E-state index is 0.175. The monoisotopic (exact) mass is 394 g/mol. The Morgan fingerprint density at radius 2 is 1.84 bits per heavy atom. The zero-order valence-corrected chi connectivity index (χ0v) is 15.4. The van der Waals surface area contributed by atoms with E-state index in [1.165, 1.54) is 6.07 Å². The van der Waals surface area contributed by atoms with Gasteiger partial charge in [-0.15, -0.1) is 21.5 Å². The van der Waals surface area contributed by atoms with Gasteiger partial charge in [0.1, 0.15) is 10.0 Å². The molecule has 2 aromatic heterocycles. The molecular formula is C16H15ClN4O2S2. The summed E-state index contributed by atoms with van der Waals surface area (Å²) in [5.41, 5.74) is 1.12. The molecule has 0 aliphatic heterocycles. The highest BCUT2D eigenvalue weighted by Crippen LogP contribution is 2.19. The summed E-state index contributed by atoms with van der Waals surface area (Å²) in [7, 11) is -3.61. The number of hydrogen-bond acceptors (Lipinski definition) is 6. The van der Waals surface area contributed by atoms with Crippen LogP contribution in [0.15, 0.2) is 58.1 Å². The van der Waals surface area contributed by atoms with Crippen molar-refractivity contribution >= 4 is 44.6 Å². The standard InChI is InChI=1S/C16H15ClN4O2S2/c17-13-4-1-3-12(11-13)8-9-18-14-6-7-15(20-19-14)21-25(22,23)16-5-2-10-24-16/h1-7,10-11H,8-9H2,(H,18,19)(H,20,21). The van der Waals surface area contributed by atoms with E-state index >= 15 is 0 Å². The summed E-state index contributed by atoms with van der Waals surface area (Å²) >= 11 is 7.09. The molecule has 3 aromatic rings. The molecule has 0 saturated carbocycles. The zero-order valence-electron chi connectivity index (χ0n) is 13.0. The van der Waals surface area contributed by atoms with Gasteiger partial charge in [-0.2, -0.15) is 0 Å². The lowest BCUT2D eigenvalue weighted by molar-refractivity contribution is 0.603. The molecule has 0 bridgehead atoms. The maximum atomic E-state index is 12.1. The third-order valence-electron chi connectivity index (χ3n) is 3.27. The minimum atomic E-state index is -3.61. The third kappa shape index (κ3) is 4.91. The molecule has 0 spiro atoms. The molecule has 0 radical (unpaired) electrons. The van der Waals surface area contributed by atoms with Gasteiger partial charge in [0.15, 0.2) is 5.82 Å². The Morgan fingerprint density at radius 1 is 1.04 bits per heavy atom. The number of sulfonamides is 1. The summed E-state index contributed by atoms with van der Waals surface area (Å²) in [4.78, 5) is 0. The zero-order chi connectivity index (χ0) is 17.7. The molecule has 0 amide bonds. The molecule has 0 fully saturated rings. The molecule has 0 aliphatic rings. The summed E-state index contributed by atoms with van der Waals surface area (Å²) in [5.74, 6) is 0.745. The average molecular weight is 395 g/mol. The van der Waals surface area contributed by atoms with E-state index in [-0.39, 0.29) is 10.0 Å². The number of nitrogens with zero attached hydrogens (tertiary/aromatic N) is 2. The van der Waals surface area contributed by atoms with Crippen LogP contribution in [0.1, 0.15) is 5.56 Å². The van der Waals surface area contributed by atoms with Gasteiger partial charge in [-0.05, 0) is 47.7 Å². The molecule has 25 heavy (non-hydrogen) atoms. The molecule has 0 aliphatic carbocycles. The summed E-state index contributed by atoms with van der Waals surface area (Å²) in [6.07, 6.45) is 0.787. The van der Waals surface area contributed by atoms with E-state index in [2.05, 4.69) is 20.2 Å². The molecule has 0 saturated heterocycles. The van der Waals surface area contributed by atoms with E-state index in [9.17, 15) is 8.42 Å². The van der Waals surface area contributed by atoms with Crippen LogP contribution in [0.4, 0.5) is 11.6 Å². The Kier molecular flexibility index (Phi) is 5.52. The average Bonchev–Trinajstić information content (AvgIpc) is 3.12. The van der Waals surface area contributed by atoms with Crippen molar-refractivity contribution < 1.29 is 8.42 Å².